The zero-order valence-electron chi connectivity index (χ0n) is 9.17. The predicted octanol–water partition coefficient (Wildman–Crippen LogP) is 3.01. The summed E-state index contributed by atoms with van der Waals surface area (Å²) in [5.74, 6) is -0.628. The molecular formula is C12H12BrFN2O. The highest BCUT2D eigenvalue weighted by atomic mass is 79.9. The van der Waals surface area contributed by atoms with E-state index < -0.39 is 0 Å². The molecule has 90 valence electrons. The monoisotopic (exact) mass is 298 g/mol. The van der Waals surface area contributed by atoms with Crippen molar-refractivity contribution in [2.45, 2.75) is 19.3 Å². The lowest BCUT2D eigenvalue weighted by Gasteiger charge is -2.06. The van der Waals surface area contributed by atoms with Gasteiger partial charge in [0.2, 0.25) is 0 Å². The second-order valence-corrected chi connectivity index (χ2v) is 4.35. The van der Waals surface area contributed by atoms with Crippen molar-refractivity contribution in [3.63, 3.8) is 0 Å². The Balaban J connectivity index is 2.45. The zero-order valence-corrected chi connectivity index (χ0v) is 10.8. The Bertz CT molecular complexity index is 443. The summed E-state index contributed by atoms with van der Waals surface area (Å²) < 4.78 is 13.2. The molecule has 0 radical (unpaired) electrons. The highest BCUT2D eigenvalue weighted by Gasteiger charge is 2.09. The molecule has 17 heavy (non-hydrogen) atoms. The minimum absolute atomic E-state index is 0.242. The molecule has 1 aromatic rings. The largest absolute Gasteiger partial charge is 0.352 e. The van der Waals surface area contributed by atoms with Gasteiger partial charge in [0.05, 0.1) is 11.6 Å². The number of amides is 1. The fourth-order valence-electron chi connectivity index (χ4n) is 1.30. The Morgan fingerprint density at radius 3 is 2.88 bits per heavy atom. The summed E-state index contributed by atoms with van der Waals surface area (Å²) in [6, 6.07) is 5.98. The van der Waals surface area contributed by atoms with Crippen LogP contribution in [0.4, 0.5) is 4.39 Å². The summed E-state index contributed by atoms with van der Waals surface area (Å²) in [4.78, 5) is 11.7. The van der Waals surface area contributed by atoms with E-state index in [1.54, 1.807) is 0 Å². The van der Waals surface area contributed by atoms with Crippen molar-refractivity contribution in [2.24, 2.45) is 0 Å². The number of hydrogen-bond donors (Lipinski definition) is 1. The molecule has 1 amide bonds. The average Bonchev–Trinajstić information content (AvgIpc) is 2.28. The number of nitrogens with zero attached hydrogens (tertiary/aromatic N) is 1. The van der Waals surface area contributed by atoms with Crippen LogP contribution in [0, 0.1) is 17.1 Å². The van der Waals surface area contributed by atoms with E-state index in [0.29, 0.717) is 23.0 Å². The smallest absolute Gasteiger partial charge is 0.252 e. The first-order valence-electron chi connectivity index (χ1n) is 5.25. The van der Waals surface area contributed by atoms with Gasteiger partial charge in [-0.2, -0.15) is 5.26 Å². The molecule has 1 N–H and O–H groups in total. The van der Waals surface area contributed by atoms with Gasteiger partial charge in [0.15, 0.2) is 0 Å². The summed E-state index contributed by atoms with van der Waals surface area (Å²) in [6.45, 7) is 0.518. The first kappa shape index (κ1) is 13.7. The Kier molecular flexibility index (Phi) is 5.64. The fourth-order valence-corrected chi connectivity index (χ4v) is 1.83. The van der Waals surface area contributed by atoms with Gasteiger partial charge in [0.1, 0.15) is 5.82 Å². The van der Waals surface area contributed by atoms with Gasteiger partial charge < -0.3 is 5.32 Å². The molecule has 0 aliphatic rings. The summed E-state index contributed by atoms with van der Waals surface area (Å²) in [6.07, 6.45) is 2.02. The molecule has 3 nitrogen and oxygen atoms in total. The lowest BCUT2D eigenvalue weighted by molar-refractivity contribution is 0.0952. The number of unbranched alkanes of at least 4 members (excludes halogenated alkanes) is 2. The van der Waals surface area contributed by atoms with Gasteiger partial charge in [-0.1, -0.05) is 0 Å². The molecule has 0 saturated carbocycles. The van der Waals surface area contributed by atoms with E-state index in [1.807, 2.05) is 6.07 Å². The van der Waals surface area contributed by atoms with Crippen molar-refractivity contribution in [1.82, 2.24) is 5.32 Å². The summed E-state index contributed by atoms with van der Waals surface area (Å²) in [7, 11) is 0. The Hall–Kier alpha value is -1.41. The van der Waals surface area contributed by atoms with E-state index in [1.165, 1.54) is 18.2 Å². The number of hydrogen-bond acceptors (Lipinski definition) is 2. The van der Waals surface area contributed by atoms with Crippen LogP contribution in [0.2, 0.25) is 0 Å². The van der Waals surface area contributed by atoms with Crippen molar-refractivity contribution in [3.8, 4) is 6.07 Å². The summed E-state index contributed by atoms with van der Waals surface area (Å²) in [5, 5.41) is 11.1. The van der Waals surface area contributed by atoms with Gasteiger partial charge >= 0.3 is 0 Å². The maximum atomic E-state index is 12.8. The van der Waals surface area contributed by atoms with Crippen LogP contribution in [0.15, 0.2) is 22.7 Å². The highest BCUT2D eigenvalue weighted by molar-refractivity contribution is 9.10. The van der Waals surface area contributed by atoms with Crippen molar-refractivity contribution in [1.29, 1.82) is 5.26 Å². The third kappa shape index (κ3) is 4.53. The third-order valence-corrected chi connectivity index (χ3v) is 2.83. The highest BCUT2D eigenvalue weighted by Crippen LogP contribution is 2.17. The van der Waals surface area contributed by atoms with Crippen LogP contribution in [0.1, 0.15) is 29.6 Å². The number of halogens is 2. The van der Waals surface area contributed by atoms with Crippen LogP contribution in [0.5, 0.6) is 0 Å². The summed E-state index contributed by atoms with van der Waals surface area (Å²) in [5.41, 5.74) is 0.409. The van der Waals surface area contributed by atoms with Gasteiger partial charge in [-0.05, 0) is 47.0 Å². The van der Waals surface area contributed by atoms with Crippen LogP contribution in [-0.4, -0.2) is 12.5 Å². The average molecular weight is 299 g/mol. The number of carbonyl (C=O) groups excluding carboxylic acids is 1. The van der Waals surface area contributed by atoms with Crippen molar-refractivity contribution in [3.05, 3.63) is 34.1 Å². The Morgan fingerprint density at radius 2 is 2.24 bits per heavy atom. The molecule has 0 aliphatic heterocycles. The van der Waals surface area contributed by atoms with Crippen LogP contribution in [0.3, 0.4) is 0 Å². The molecule has 5 heteroatoms. The van der Waals surface area contributed by atoms with Crippen LogP contribution < -0.4 is 5.32 Å². The normalized spacial score (nSPS) is 9.71. The van der Waals surface area contributed by atoms with Crippen LogP contribution in [-0.2, 0) is 0 Å². The zero-order chi connectivity index (χ0) is 12.7. The van der Waals surface area contributed by atoms with Crippen LogP contribution >= 0.6 is 15.9 Å². The van der Waals surface area contributed by atoms with E-state index in [-0.39, 0.29) is 11.7 Å². The second-order valence-electron chi connectivity index (χ2n) is 3.50. The molecule has 0 fully saturated rings. The summed E-state index contributed by atoms with van der Waals surface area (Å²) >= 11 is 3.14. The molecule has 1 rings (SSSR count). The molecule has 0 bridgehead atoms. The lowest BCUT2D eigenvalue weighted by atomic mass is 10.2. The minimum atomic E-state index is -0.387. The maximum Gasteiger partial charge on any atom is 0.252 e. The predicted molar refractivity (Wildman–Crippen MR) is 65.9 cm³/mol. The second kappa shape index (κ2) is 7.02. The number of rotatable bonds is 5. The van der Waals surface area contributed by atoms with Crippen molar-refractivity contribution in [2.75, 3.05) is 6.54 Å². The van der Waals surface area contributed by atoms with Crippen molar-refractivity contribution < 1.29 is 9.18 Å². The number of benzene rings is 1. The van der Waals surface area contributed by atoms with E-state index in [4.69, 9.17) is 5.26 Å². The molecule has 0 aliphatic carbocycles. The minimum Gasteiger partial charge on any atom is -0.352 e. The van der Waals surface area contributed by atoms with E-state index in [2.05, 4.69) is 21.2 Å². The maximum absolute atomic E-state index is 12.8. The molecule has 0 unspecified atom stereocenters. The number of nitrogens with one attached hydrogen (secondary N) is 1. The number of nitriles is 1. The molecule has 1 aromatic carbocycles. The Morgan fingerprint density at radius 1 is 1.47 bits per heavy atom. The third-order valence-electron chi connectivity index (χ3n) is 2.18. The number of carbonyl (C=O) groups is 1. The van der Waals surface area contributed by atoms with E-state index >= 15 is 0 Å². The lowest BCUT2D eigenvalue weighted by Crippen LogP contribution is -2.24. The first-order chi connectivity index (χ1) is 8.15. The molecule has 0 spiro atoms. The first-order valence-corrected chi connectivity index (χ1v) is 6.04. The van der Waals surface area contributed by atoms with E-state index in [0.717, 1.165) is 12.8 Å². The van der Waals surface area contributed by atoms with Gasteiger partial charge in [0, 0.05) is 17.4 Å². The molecule has 0 saturated heterocycles. The quantitative estimate of drug-likeness (QED) is 0.850. The molecule has 0 heterocycles. The SMILES string of the molecule is N#CCCCCNC(=O)c1ccc(F)cc1Br. The molecule has 0 atom stereocenters. The van der Waals surface area contributed by atoms with Gasteiger partial charge in [-0.25, -0.2) is 4.39 Å². The van der Waals surface area contributed by atoms with Crippen LogP contribution in [0.25, 0.3) is 0 Å². The topological polar surface area (TPSA) is 52.9 Å². The van der Waals surface area contributed by atoms with Crippen molar-refractivity contribution >= 4 is 21.8 Å². The standard InChI is InChI=1S/C12H12BrFN2O/c13-11-8-9(14)4-5-10(11)12(17)16-7-3-1-2-6-15/h4-5,8H,1-3,7H2,(H,16,17). The van der Waals surface area contributed by atoms with Gasteiger partial charge in [-0.15, -0.1) is 0 Å². The van der Waals surface area contributed by atoms with E-state index in [9.17, 15) is 9.18 Å². The van der Waals surface area contributed by atoms with Gasteiger partial charge in [-0.3, -0.25) is 4.79 Å². The van der Waals surface area contributed by atoms with Gasteiger partial charge in [0.25, 0.3) is 5.91 Å². The molecule has 0 aromatic heterocycles. The molecular weight excluding hydrogens is 287 g/mol. The fraction of sp³-hybridized carbons (Fsp3) is 0.333. The Labute approximate surface area is 108 Å².